The molecule has 0 saturated heterocycles. The summed E-state index contributed by atoms with van der Waals surface area (Å²) in [6, 6.07) is 10.1. The maximum absolute atomic E-state index is 11.5. The number of hydrogen-bond acceptors (Lipinski definition) is 1. The molecule has 0 amide bonds. The number of benzene rings is 1. The Labute approximate surface area is 147 Å². The summed E-state index contributed by atoms with van der Waals surface area (Å²) in [4.78, 5) is 0. The van der Waals surface area contributed by atoms with Gasteiger partial charge in [-0.15, -0.1) is 0 Å². The highest BCUT2D eigenvalue weighted by Gasteiger charge is 2.38. The van der Waals surface area contributed by atoms with Crippen LogP contribution in [0, 0.1) is 17.8 Å². The van der Waals surface area contributed by atoms with Crippen molar-refractivity contribution in [1.82, 2.24) is 0 Å². The first-order valence-corrected chi connectivity index (χ1v) is 9.14. The summed E-state index contributed by atoms with van der Waals surface area (Å²) in [5, 5.41) is 11.5. The minimum absolute atomic E-state index is 0.318. The summed E-state index contributed by atoms with van der Waals surface area (Å²) in [7, 11) is 4.31. The van der Waals surface area contributed by atoms with Crippen LogP contribution >= 0.6 is 0 Å². The average molecular weight is 327 g/mol. The molecule has 0 spiro atoms. The molecule has 0 aliphatic heterocycles. The summed E-state index contributed by atoms with van der Waals surface area (Å²) in [6.45, 7) is 5.49. The van der Waals surface area contributed by atoms with Crippen LogP contribution in [0.25, 0.3) is 0 Å². The van der Waals surface area contributed by atoms with E-state index < -0.39 is 5.60 Å². The molecule has 1 aliphatic rings. The van der Waals surface area contributed by atoms with E-state index >= 15 is 0 Å². The Kier molecular flexibility index (Phi) is 6.66. The number of rotatable bonds is 6. The van der Waals surface area contributed by atoms with E-state index in [2.05, 4.69) is 32.5 Å². The van der Waals surface area contributed by atoms with Crippen LogP contribution in [-0.2, 0) is 5.60 Å². The van der Waals surface area contributed by atoms with Crippen LogP contribution in [0.2, 0.25) is 0 Å². The predicted molar refractivity (Wildman–Crippen MR) is 101 cm³/mol. The molecular formula is C22H32NO+. The SMILES string of the molecule is C=CC[N+](C)(C)CC#CC[C@@](O)(c1ccccc1)C1CCCCC1. The van der Waals surface area contributed by atoms with Crippen molar-refractivity contribution in [2.24, 2.45) is 5.92 Å². The van der Waals surface area contributed by atoms with Gasteiger partial charge in [-0.3, -0.25) is 0 Å². The summed E-state index contributed by atoms with van der Waals surface area (Å²) in [5.41, 5.74) is 0.204. The van der Waals surface area contributed by atoms with Crippen LogP contribution in [0.4, 0.5) is 0 Å². The van der Waals surface area contributed by atoms with Gasteiger partial charge in [0.15, 0.2) is 0 Å². The lowest BCUT2D eigenvalue weighted by atomic mass is 9.72. The van der Waals surface area contributed by atoms with E-state index in [1.807, 2.05) is 36.4 Å². The fourth-order valence-electron chi connectivity index (χ4n) is 3.67. The second-order valence-electron chi connectivity index (χ2n) is 7.72. The summed E-state index contributed by atoms with van der Waals surface area (Å²) in [5.74, 6) is 6.89. The van der Waals surface area contributed by atoms with Crippen LogP contribution in [0.15, 0.2) is 43.0 Å². The molecule has 1 aliphatic carbocycles. The van der Waals surface area contributed by atoms with Crippen molar-refractivity contribution in [1.29, 1.82) is 0 Å². The van der Waals surface area contributed by atoms with Gasteiger partial charge >= 0.3 is 0 Å². The topological polar surface area (TPSA) is 20.2 Å². The maximum Gasteiger partial charge on any atom is 0.140 e. The van der Waals surface area contributed by atoms with Gasteiger partial charge in [0.1, 0.15) is 12.1 Å². The number of hydrogen-bond donors (Lipinski definition) is 1. The predicted octanol–water partition coefficient (Wildman–Crippen LogP) is 4.11. The molecule has 2 heteroatoms. The molecule has 0 radical (unpaired) electrons. The monoisotopic (exact) mass is 326 g/mol. The second-order valence-corrected chi connectivity index (χ2v) is 7.72. The smallest absolute Gasteiger partial charge is 0.140 e. The van der Waals surface area contributed by atoms with Gasteiger partial charge in [0.05, 0.1) is 20.6 Å². The molecular weight excluding hydrogens is 294 g/mol. The third kappa shape index (κ3) is 4.97. The molecule has 1 aromatic rings. The van der Waals surface area contributed by atoms with Gasteiger partial charge in [-0.25, -0.2) is 0 Å². The molecule has 130 valence electrons. The molecule has 1 N–H and O–H groups in total. The number of quaternary nitrogens is 1. The largest absolute Gasteiger partial charge is 0.384 e. The van der Waals surface area contributed by atoms with Crippen LogP contribution in [0.5, 0.6) is 0 Å². The van der Waals surface area contributed by atoms with Crippen molar-refractivity contribution in [3.63, 3.8) is 0 Å². The van der Waals surface area contributed by atoms with E-state index in [0.717, 1.165) is 36.0 Å². The van der Waals surface area contributed by atoms with Gasteiger partial charge in [-0.05, 0) is 36.3 Å². The molecule has 1 fully saturated rings. The van der Waals surface area contributed by atoms with Crippen LogP contribution < -0.4 is 0 Å². The Morgan fingerprint density at radius 1 is 1.17 bits per heavy atom. The molecule has 0 bridgehead atoms. The van der Waals surface area contributed by atoms with Crippen LogP contribution in [-0.4, -0.2) is 36.8 Å². The van der Waals surface area contributed by atoms with Crippen molar-refractivity contribution in [3.8, 4) is 11.8 Å². The molecule has 1 aromatic carbocycles. The highest BCUT2D eigenvalue weighted by molar-refractivity contribution is 5.26. The normalized spacial score (nSPS) is 18.3. The zero-order chi connectivity index (χ0) is 17.5. The Morgan fingerprint density at radius 2 is 1.83 bits per heavy atom. The van der Waals surface area contributed by atoms with Gasteiger partial charge in [-0.2, -0.15) is 0 Å². The van der Waals surface area contributed by atoms with Crippen molar-refractivity contribution in [2.75, 3.05) is 27.2 Å². The zero-order valence-electron chi connectivity index (χ0n) is 15.3. The van der Waals surface area contributed by atoms with Gasteiger partial charge in [0.25, 0.3) is 0 Å². The fraction of sp³-hybridized carbons (Fsp3) is 0.545. The fourth-order valence-corrected chi connectivity index (χ4v) is 3.67. The minimum atomic E-state index is -0.815. The van der Waals surface area contributed by atoms with E-state index in [4.69, 9.17) is 0 Å². The van der Waals surface area contributed by atoms with Crippen molar-refractivity contribution < 1.29 is 9.59 Å². The quantitative estimate of drug-likeness (QED) is 0.474. The number of nitrogens with zero attached hydrogens (tertiary/aromatic N) is 1. The summed E-state index contributed by atoms with van der Waals surface area (Å²) < 4.78 is 0.809. The Hall–Kier alpha value is -1.56. The van der Waals surface area contributed by atoms with Crippen molar-refractivity contribution in [3.05, 3.63) is 48.6 Å². The molecule has 1 saturated carbocycles. The van der Waals surface area contributed by atoms with Gasteiger partial charge in [0.2, 0.25) is 0 Å². The van der Waals surface area contributed by atoms with E-state index in [9.17, 15) is 5.11 Å². The maximum atomic E-state index is 11.5. The van der Waals surface area contributed by atoms with Gasteiger partial charge < -0.3 is 9.59 Å². The molecule has 1 atom stereocenters. The first kappa shape index (κ1) is 18.8. The standard InChI is InChI=1S/C22H32NO/c1-4-18-23(2,3)19-12-11-17-22(24,20-13-7-5-8-14-20)21-15-9-6-10-16-21/h4-5,7-8,13-14,21,24H,1,6,9-10,15-19H2,2-3H3/q+1/t22-/m1/s1. The first-order chi connectivity index (χ1) is 11.5. The molecule has 2 nitrogen and oxygen atoms in total. The molecule has 24 heavy (non-hydrogen) atoms. The molecule has 2 rings (SSSR count). The summed E-state index contributed by atoms with van der Waals surface area (Å²) >= 11 is 0. The molecule has 0 heterocycles. The van der Waals surface area contributed by atoms with E-state index in [1.54, 1.807) is 0 Å². The third-order valence-corrected chi connectivity index (χ3v) is 5.17. The lowest BCUT2D eigenvalue weighted by molar-refractivity contribution is -0.877. The van der Waals surface area contributed by atoms with E-state index in [0.29, 0.717) is 12.3 Å². The van der Waals surface area contributed by atoms with E-state index in [1.165, 1.54) is 19.3 Å². The molecule has 0 unspecified atom stereocenters. The third-order valence-electron chi connectivity index (χ3n) is 5.17. The van der Waals surface area contributed by atoms with Crippen molar-refractivity contribution in [2.45, 2.75) is 44.1 Å². The van der Waals surface area contributed by atoms with Crippen LogP contribution in [0.3, 0.4) is 0 Å². The second kappa shape index (κ2) is 8.51. The van der Waals surface area contributed by atoms with Gasteiger partial charge in [0, 0.05) is 6.42 Å². The summed E-state index contributed by atoms with van der Waals surface area (Å²) in [6.07, 6.45) is 8.39. The lowest BCUT2D eigenvalue weighted by Crippen LogP contribution is -2.40. The number of aliphatic hydroxyl groups is 1. The highest BCUT2D eigenvalue weighted by atomic mass is 16.3. The Morgan fingerprint density at radius 3 is 2.46 bits per heavy atom. The Balaban J connectivity index is 2.14. The van der Waals surface area contributed by atoms with Crippen molar-refractivity contribution >= 4 is 0 Å². The molecule has 0 aromatic heterocycles. The number of likely N-dealkylation sites (N-methyl/N-ethyl adjacent to an activating group) is 1. The minimum Gasteiger partial charge on any atom is -0.384 e. The highest BCUT2D eigenvalue weighted by Crippen LogP contribution is 2.41. The Bertz CT molecular complexity index is 575. The lowest BCUT2D eigenvalue weighted by Gasteiger charge is -2.38. The van der Waals surface area contributed by atoms with Gasteiger partial charge in [-0.1, -0.05) is 62.1 Å². The zero-order valence-corrected chi connectivity index (χ0v) is 15.3. The first-order valence-electron chi connectivity index (χ1n) is 9.14. The van der Waals surface area contributed by atoms with Crippen LogP contribution in [0.1, 0.15) is 44.1 Å². The average Bonchev–Trinajstić information content (AvgIpc) is 2.60. The van der Waals surface area contributed by atoms with E-state index in [-0.39, 0.29) is 0 Å².